The van der Waals surface area contributed by atoms with Gasteiger partial charge < -0.3 is 16.0 Å². The minimum Gasteiger partial charge on any atom is -0.356 e. The zero-order chi connectivity index (χ0) is 14.6. The van der Waals surface area contributed by atoms with Gasteiger partial charge in [0, 0.05) is 32.1 Å². The van der Waals surface area contributed by atoms with E-state index in [-0.39, 0.29) is 23.1 Å². The number of nitrogens with zero attached hydrogens (tertiary/aromatic N) is 1. The summed E-state index contributed by atoms with van der Waals surface area (Å²) in [7, 11) is 0. The molecule has 2 aliphatic rings. The molecule has 0 atom stereocenters. The van der Waals surface area contributed by atoms with E-state index in [1.807, 2.05) is 11.8 Å². The van der Waals surface area contributed by atoms with Gasteiger partial charge in [-0.2, -0.15) is 0 Å². The van der Waals surface area contributed by atoms with E-state index in [2.05, 4.69) is 5.32 Å². The van der Waals surface area contributed by atoms with E-state index < -0.39 is 0 Å². The van der Waals surface area contributed by atoms with Crippen molar-refractivity contribution in [2.45, 2.75) is 45.4 Å². The van der Waals surface area contributed by atoms with Crippen LogP contribution in [0.1, 0.15) is 45.4 Å². The quantitative estimate of drug-likeness (QED) is 0.803. The van der Waals surface area contributed by atoms with Crippen LogP contribution in [-0.2, 0) is 9.59 Å². The highest BCUT2D eigenvalue weighted by molar-refractivity contribution is 5.84. The number of amides is 2. The first-order valence-corrected chi connectivity index (χ1v) is 7.90. The van der Waals surface area contributed by atoms with Crippen LogP contribution < -0.4 is 11.1 Å². The van der Waals surface area contributed by atoms with Crippen molar-refractivity contribution in [3.8, 4) is 0 Å². The summed E-state index contributed by atoms with van der Waals surface area (Å²) in [5.41, 5.74) is 5.57. The maximum atomic E-state index is 12.7. The fourth-order valence-electron chi connectivity index (χ4n) is 3.56. The number of carbonyl (C=O) groups excluding carboxylic acids is 2. The molecule has 0 unspecified atom stereocenters. The van der Waals surface area contributed by atoms with E-state index in [1.165, 1.54) is 0 Å². The Bertz CT molecular complexity index is 356. The highest BCUT2D eigenvalue weighted by Crippen LogP contribution is 2.39. The second-order valence-electron chi connectivity index (χ2n) is 6.15. The topological polar surface area (TPSA) is 75.4 Å². The van der Waals surface area contributed by atoms with Crippen molar-refractivity contribution in [3.05, 3.63) is 0 Å². The fourth-order valence-corrected chi connectivity index (χ4v) is 3.56. The summed E-state index contributed by atoms with van der Waals surface area (Å²) in [4.78, 5) is 26.5. The van der Waals surface area contributed by atoms with E-state index in [1.54, 1.807) is 0 Å². The summed E-state index contributed by atoms with van der Waals surface area (Å²) in [6.45, 7) is 4.46. The molecule has 5 nitrogen and oxygen atoms in total. The molecule has 2 fully saturated rings. The highest BCUT2D eigenvalue weighted by Gasteiger charge is 2.43. The Kier molecular flexibility index (Phi) is 5.02. The van der Waals surface area contributed by atoms with Crippen LogP contribution in [0.5, 0.6) is 0 Å². The van der Waals surface area contributed by atoms with Crippen LogP contribution in [0.4, 0.5) is 0 Å². The van der Waals surface area contributed by atoms with Gasteiger partial charge >= 0.3 is 0 Å². The monoisotopic (exact) mass is 281 g/mol. The molecule has 1 aliphatic heterocycles. The van der Waals surface area contributed by atoms with Crippen molar-refractivity contribution in [3.63, 3.8) is 0 Å². The summed E-state index contributed by atoms with van der Waals surface area (Å²) in [6.07, 6.45) is 5.63. The molecule has 5 heteroatoms. The predicted molar refractivity (Wildman–Crippen MR) is 77.9 cm³/mol. The normalized spacial score (nSPS) is 22.8. The minimum absolute atomic E-state index is 0.0661. The number of hydrogen-bond donors (Lipinski definition) is 2. The Morgan fingerprint density at radius 3 is 2.35 bits per heavy atom. The summed E-state index contributed by atoms with van der Waals surface area (Å²) >= 11 is 0. The Hall–Kier alpha value is -1.10. The van der Waals surface area contributed by atoms with Gasteiger partial charge in [0.15, 0.2) is 0 Å². The van der Waals surface area contributed by atoms with Gasteiger partial charge in [0.1, 0.15) is 0 Å². The van der Waals surface area contributed by atoms with E-state index in [4.69, 9.17) is 5.73 Å². The predicted octanol–water partition coefficient (Wildman–Crippen LogP) is 0.880. The number of nitrogens with one attached hydrogen (secondary N) is 1. The minimum atomic E-state index is -0.307. The van der Waals surface area contributed by atoms with E-state index in [0.29, 0.717) is 26.2 Å². The van der Waals surface area contributed by atoms with Crippen LogP contribution in [-0.4, -0.2) is 42.9 Å². The maximum Gasteiger partial charge on any atom is 0.230 e. The zero-order valence-electron chi connectivity index (χ0n) is 12.5. The lowest BCUT2D eigenvalue weighted by atomic mass is 9.83. The van der Waals surface area contributed by atoms with E-state index in [0.717, 1.165) is 38.5 Å². The van der Waals surface area contributed by atoms with E-state index in [9.17, 15) is 9.59 Å². The summed E-state index contributed by atoms with van der Waals surface area (Å²) in [5, 5.41) is 2.87. The molecule has 1 saturated carbocycles. The van der Waals surface area contributed by atoms with Crippen LogP contribution in [0.3, 0.4) is 0 Å². The zero-order valence-corrected chi connectivity index (χ0v) is 12.5. The molecule has 1 aliphatic carbocycles. The number of hydrogen-bond acceptors (Lipinski definition) is 3. The van der Waals surface area contributed by atoms with Crippen molar-refractivity contribution in [1.82, 2.24) is 10.2 Å². The maximum absolute atomic E-state index is 12.7. The van der Waals surface area contributed by atoms with Crippen molar-refractivity contribution < 1.29 is 9.59 Å². The van der Waals surface area contributed by atoms with Crippen LogP contribution >= 0.6 is 0 Å². The highest BCUT2D eigenvalue weighted by atomic mass is 16.2. The summed E-state index contributed by atoms with van der Waals surface area (Å²) in [5.74, 6) is 0.428. The van der Waals surface area contributed by atoms with Gasteiger partial charge in [-0.25, -0.2) is 0 Å². The second kappa shape index (κ2) is 6.57. The lowest BCUT2D eigenvalue weighted by molar-refractivity contribution is -0.144. The first-order chi connectivity index (χ1) is 9.63. The van der Waals surface area contributed by atoms with Crippen LogP contribution in [0, 0.1) is 11.3 Å². The van der Waals surface area contributed by atoms with Crippen LogP contribution in [0.15, 0.2) is 0 Å². The van der Waals surface area contributed by atoms with Crippen LogP contribution in [0.2, 0.25) is 0 Å². The van der Waals surface area contributed by atoms with Crippen LogP contribution in [0.25, 0.3) is 0 Å². The molecule has 0 aromatic heterocycles. The van der Waals surface area contributed by atoms with Gasteiger partial charge in [-0.05, 0) is 32.6 Å². The Morgan fingerprint density at radius 2 is 1.85 bits per heavy atom. The lowest BCUT2D eigenvalue weighted by Gasteiger charge is -2.37. The Balaban J connectivity index is 1.90. The fraction of sp³-hybridized carbons (Fsp3) is 0.867. The van der Waals surface area contributed by atoms with Gasteiger partial charge in [0.05, 0.1) is 5.41 Å². The molecule has 1 heterocycles. The van der Waals surface area contributed by atoms with Crippen molar-refractivity contribution in [1.29, 1.82) is 0 Å². The second-order valence-corrected chi connectivity index (χ2v) is 6.15. The van der Waals surface area contributed by atoms with Crippen molar-refractivity contribution in [2.24, 2.45) is 17.1 Å². The Morgan fingerprint density at radius 1 is 1.25 bits per heavy atom. The number of likely N-dealkylation sites (tertiary alicyclic amines) is 1. The number of nitrogens with two attached hydrogens (primary N) is 1. The third kappa shape index (κ3) is 2.97. The molecule has 2 rings (SSSR count). The first-order valence-electron chi connectivity index (χ1n) is 7.90. The molecule has 0 aromatic carbocycles. The first kappa shape index (κ1) is 15.3. The average Bonchev–Trinajstić information content (AvgIpc) is 2.97. The molecule has 0 radical (unpaired) electrons. The Labute approximate surface area is 121 Å². The number of carbonyl (C=O) groups is 2. The van der Waals surface area contributed by atoms with Gasteiger partial charge in [-0.1, -0.05) is 12.8 Å². The summed E-state index contributed by atoms with van der Waals surface area (Å²) in [6, 6.07) is 0. The molecule has 2 amide bonds. The largest absolute Gasteiger partial charge is 0.356 e. The average molecular weight is 281 g/mol. The number of rotatable bonds is 4. The lowest BCUT2D eigenvalue weighted by Crippen LogP contribution is -2.50. The molecular formula is C15H27N3O2. The van der Waals surface area contributed by atoms with E-state index >= 15 is 0 Å². The standard InChI is InChI=1S/C15H27N3O2/c1-2-17-13(19)12-5-9-18(10-6-12)14(20)15(11-16)7-3-4-8-15/h12H,2-11,16H2,1H3,(H,17,19). The third-order valence-corrected chi connectivity index (χ3v) is 4.91. The smallest absolute Gasteiger partial charge is 0.230 e. The SMILES string of the molecule is CCNC(=O)C1CCN(C(=O)C2(CN)CCCC2)CC1. The van der Waals surface area contributed by atoms with Gasteiger partial charge in [0.2, 0.25) is 11.8 Å². The molecule has 1 saturated heterocycles. The molecule has 20 heavy (non-hydrogen) atoms. The van der Waals surface area contributed by atoms with Crippen molar-refractivity contribution >= 4 is 11.8 Å². The van der Waals surface area contributed by atoms with Gasteiger partial charge in [0.25, 0.3) is 0 Å². The molecule has 114 valence electrons. The molecule has 0 bridgehead atoms. The third-order valence-electron chi connectivity index (χ3n) is 4.91. The van der Waals surface area contributed by atoms with Gasteiger partial charge in [-0.15, -0.1) is 0 Å². The number of piperidine rings is 1. The molecule has 3 N–H and O–H groups in total. The van der Waals surface area contributed by atoms with Gasteiger partial charge in [-0.3, -0.25) is 9.59 Å². The molecule has 0 aromatic rings. The molecule has 0 spiro atoms. The van der Waals surface area contributed by atoms with Crippen molar-refractivity contribution in [2.75, 3.05) is 26.2 Å². The summed E-state index contributed by atoms with van der Waals surface area (Å²) < 4.78 is 0. The molecular weight excluding hydrogens is 254 g/mol.